The summed E-state index contributed by atoms with van der Waals surface area (Å²) in [6.45, 7) is 8.03. The van der Waals surface area contributed by atoms with E-state index in [1.54, 1.807) is 19.1 Å². The molecule has 2 aliphatic heterocycles. The number of benzene rings is 2. The lowest BCUT2D eigenvalue weighted by molar-refractivity contribution is 0.0735. The standard InChI is InChI=1S/C25H32N2O5S/c1-4-26(5-2)33(29,30)24-17-20(10-9-18(24)3)25(28)27-13-6-8-21(27)19-11-12-22-23(16-19)32-15-7-14-31-22/h9-12,16-17,21H,4-8,13-15H2,1-3H3/t21-/m1/s1. The van der Waals surface area contributed by atoms with Crippen LogP contribution in [0.1, 0.15) is 60.6 Å². The summed E-state index contributed by atoms with van der Waals surface area (Å²) in [7, 11) is -3.66. The minimum Gasteiger partial charge on any atom is -0.490 e. The zero-order valence-electron chi connectivity index (χ0n) is 19.5. The average molecular weight is 473 g/mol. The van der Waals surface area contributed by atoms with Crippen molar-refractivity contribution in [2.24, 2.45) is 0 Å². The van der Waals surface area contributed by atoms with Gasteiger partial charge in [-0.2, -0.15) is 4.31 Å². The minimum atomic E-state index is -3.66. The first-order valence-corrected chi connectivity index (χ1v) is 13.1. The highest BCUT2D eigenvalue weighted by molar-refractivity contribution is 7.89. The van der Waals surface area contributed by atoms with E-state index >= 15 is 0 Å². The van der Waals surface area contributed by atoms with Crippen LogP contribution in [0.5, 0.6) is 11.5 Å². The Hall–Kier alpha value is -2.58. The van der Waals surface area contributed by atoms with Crippen LogP contribution >= 0.6 is 0 Å². The molecule has 33 heavy (non-hydrogen) atoms. The molecular weight excluding hydrogens is 440 g/mol. The number of rotatable bonds is 6. The van der Waals surface area contributed by atoms with Gasteiger partial charge in [-0.05, 0) is 55.2 Å². The third-order valence-electron chi connectivity index (χ3n) is 6.43. The summed E-state index contributed by atoms with van der Waals surface area (Å²) in [6.07, 6.45) is 2.58. The molecule has 1 fully saturated rings. The third kappa shape index (κ3) is 4.59. The molecule has 0 radical (unpaired) electrons. The molecule has 1 saturated heterocycles. The monoisotopic (exact) mass is 472 g/mol. The molecule has 8 heteroatoms. The smallest absolute Gasteiger partial charge is 0.254 e. The number of fused-ring (bicyclic) bond motifs is 1. The van der Waals surface area contributed by atoms with Crippen molar-refractivity contribution in [1.82, 2.24) is 9.21 Å². The predicted molar refractivity (Wildman–Crippen MR) is 126 cm³/mol. The van der Waals surface area contributed by atoms with Crippen LogP contribution < -0.4 is 9.47 Å². The van der Waals surface area contributed by atoms with Gasteiger partial charge in [-0.25, -0.2) is 8.42 Å². The number of amides is 1. The highest BCUT2D eigenvalue weighted by atomic mass is 32.2. The van der Waals surface area contributed by atoms with Gasteiger partial charge in [-0.1, -0.05) is 26.0 Å². The van der Waals surface area contributed by atoms with Crippen LogP contribution in [-0.4, -0.2) is 56.4 Å². The lowest BCUT2D eigenvalue weighted by Gasteiger charge is -2.26. The number of carbonyl (C=O) groups excluding carboxylic acids is 1. The Morgan fingerprint density at radius 1 is 1.03 bits per heavy atom. The number of sulfonamides is 1. The third-order valence-corrected chi connectivity index (χ3v) is 8.62. The Bertz CT molecular complexity index is 1130. The SMILES string of the molecule is CCN(CC)S(=O)(=O)c1cc(C(=O)N2CCC[C@@H]2c2ccc3c(c2)OCCCO3)ccc1C. The summed E-state index contributed by atoms with van der Waals surface area (Å²) in [6, 6.07) is 10.8. The second-order valence-electron chi connectivity index (χ2n) is 8.48. The fourth-order valence-corrected chi connectivity index (χ4v) is 6.33. The zero-order valence-corrected chi connectivity index (χ0v) is 20.4. The van der Waals surface area contributed by atoms with Crippen molar-refractivity contribution in [1.29, 1.82) is 0 Å². The molecule has 2 aliphatic rings. The van der Waals surface area contributed by atoms with Crippen molar-refractivity contribution in [3.63, 3.8) is 0 Å². The highest BCUT2D eigenvalue weighted by Gasteiger charge is 2.32. The van der Waals surface area contributed by atoms with E-state index in [-0.39, 0.29) is 16.8 Å². The van der Waals surface area contributed by atoms with Crippen LogP contribution in [0.25, 0.3) is 0 Å². The number of aryl methyl sites for hydroxylation is 1. The molecule has 1 amide bonds. The Labute approximate surface area is 196 Å². The van der Waals surface area contributed by atoms with Gasteiger partial charge in [0.1, 0.15) is 0 Å². The first-order chi connectivity index (χ1) is 15.9. The van der Waals surface area contributed by atoms with E-state index in [1.807, 2.05) is 36.9 Å². The van der Waals surface area contributed by atoms with Crippen LogP contribution in [-0.2, 0) is 10.0 Å². The molecule has 0 aliphatic carbocycles. The largest absolute Gasteiger partial charge is 0.490 e. The molecule has 178 valence electrons. The summed E-state index contributed by atoms with van der Waals surface area (Å²) in [5, 5.41) is 0. The fraction of sp³-hybridized carbons (Fsp3) is 0.480. The summed E-state index contributed by atoms with van der Waals surface area (Å²) in [5.41, 5.74) is 2.04. The number of hydrogen-bond acceptors (Lipinski definition) is 5. The summed E-state index contributed by atoms with van der Waals surface area (Å²) < 4.78 is 39.3. The van der Waals surface area contributed by atoms with Gasteiger partial charge in [0, 0.05) is 31.6 Å². The number of nitrogens with zero attached hydrogens (tertiary/aromatic N) is 2. The zero-order chi connectivity index (χ0) is 23.6. The normalized spacial score (nSPS) is 18.4. The Kier molecular flexibility index (Phi) is 6.95. The van der Waals surface area contributed by atoms with Crippen molar-refractivity contribution in [3.05, 3.63) is 53.1 Å². The minimum absolute atomic E-state index is 0.0844. The molecule has 7 nitrogen and oxygen atoms in total. The van der Waals surface area contributed by atoms with Gasteiger partial charge < -0.3 is 14.4 Å². The van der Waals surface area contributed by atoms with Crippen LogP contribution in [0.4, 0.5) is 0 Å². The van der Waals surface area contributed by atoms with E-state index < -0.39 is 10.0 Å². The molecule has 2 aromatic carbocycles. The molecule has 0 unspecified atom stereocenters. The van der Waals surface area contributed by atoms with Gasteiger partial charge in [0.25, 0.3) is 5.91 Å². The number of carbonyl (C=O) groups is 1. The van der Waals surface area contributed by atoms with Crippen LogP contribution in [0, 0.1) is 6.92 Å². The van der Waals surface area contributed by atoms with E-state index in [1.165, 1.54) is 10.4 Å². The summed E-state index contributed by atoms with van der Waals surface area (Å²) in [5.74, 6) is 1.30. The quantitative estimate of drug-likeness (QED) is 0.631. The Morgan fingerprint density at radius 3 is 2.48 bits per heavy atom. The van der Waals surface area contributed by atoms with Gasteiger partial charge in [-0.3, -0.25) is 4.79 Å². The molecular formula is C25H32N2O5S. The Balaban J connectivity index is 1.64. The second kappa shape index (κ2) is 9.73. The van der Waals surface area contributed by atoms with Gasteiger partial charge in [-0.15, -0.1) is 0 Å². The van der Waals surface area contributed by atoms with Gasteiger partial charge >= 0.3 is 0 Å². The molecule has 0 N–H and O–H groups in total. The molecule has 0 saturated carbocycles. The van der Waals surface area contributed by atoms with Crippen molar-refractivity contribution < 1.29 is 22.7 Å². The highest BCUT2D eigenvalue weighted by Crippen LogP contribution is 2.38. The summed E-state index contributed by atoms with van der Waals surface area (Å²) >= 11 is 0. The lowest BCUT2D eigenvalue weighted by atomic mass is 10.0. The van der Waals surface area contributed by atoms with E-state index in [0.717, 1.165) is 30.6 Å². The summed E-state index contributed by atoms with van der Waals surface area (Å²) in [4.78, 5) is 15.6. The predicted octanol–water partition coefficient (Wildman–Crippen LogP) is 4.16. The molecule has 0 spiro atoms. The van der Waals surface area contributed by atoms with E-state index in [2.05, 4.69) is 0 Å². The first-order valence-electron chi connectivity index (χ1n) is 11.7. The maximum absolute atomic E-state index is 13.5. The van der Waals surface area contributed by atoms with Crippen LogP contribution in [0.15, 0.2) is 41.3 Å². The van der Waals surface area contributed by atoms with Gasteiger partial charge in [0.15, 0.2) is 11.5 Å². The van der Waals surface area contributed by atoms with Crippen molar-refractivity contribution >= 4 is 15.9 Å². The van der Waals surface area contributed by atoms with Crippen molar-refractivity contribution in [3.8, 4) is 11.5 Å². The van der Waals surface area contributed by atoms with E-state index in [9.17, 15) is 13.2 Å². The second-order valence-corrected chi connectivity index (χ2v) is 10.4. The molecule has 2 aromatic rings. The van der Waals surface area contributed by atoms with Gasteiger partial charge in [0.05, 0.1) is 24.2 Å². The van der Waals surface area contributed by atoms with E-state index in [4.69, 9.17) is 9.47 Å². The number of hydrogen-bond donors (Lipinski definition) is 0. The van der Waals surface area contributed by atoms with Gasteiger partial charge in [0.2, 0.25) is 10.0 Å². The number of likely N-dealkylation sites (tertiary alicyclic amines) is 1. The Morgan fingerprint density at radius 2 is 1.76 bits per heavy atom. The van der Waals surface area contributed by atoms with Crippen molar-refractivity contribution in [2.45, 2.75) is 51.0 Å². The molecule has 0 aromatic heterocycles. The maximum atomic E-state index is 13.5. The fourth-order valence-electron chi connectivity index (χ4n) is 4.62. The number of ether oxygens (including phenoxy) is 2. The molecule has 4 rings (SSSR count). The molecule has 0 bridgehead atoms. The van der Waals surface area contributed by atoms with Crippen molar-refractivity contribution in [2.75, 3.05) is 32.8 Å². The van der Waals surface area contributed by atoms with E-state index in [0.29, 0.717) is 49.7 Å². The topological polar surface area (TPSA) is 76.2 Å². The maximum Gasteiger partial charge on any atom is 0.254 e. The molecule has 1 atom stereocenters. The van der Waals surface area contributed by atoms with Crippen LogP contribution in [0.3, 0.4) is 0 Å². The lowest BCUT2D eigenvalue weighted by Crippen LogP contribution is -2.32. The van der Waals surface area contributed by atoms with Crippen LogP contribution in [0.2, 0.25) is 0 Å². The average Bonchev–Trinajstić information content (AvgIpc) is 3.18. The molecule has 2 heterocycles. The first kappa shape index (κ1) is 23.6.